The lowest BCUT2D eigenvalue weighted by molar-refractivity contribution is -0.122. The van der Waals surface area contributed by atoms with Crippen molar-refractivity contribution in [2.45, 2.75) is 64.8 Å². The molecular formula is C34H46FN3O6S. The van der Waals surface area contributed by atoms with Crippen molar-refractivity contribution in [2.75, 3.05) is 32.5 Å². The number of nitrogens with one attached hydrogen (secondary N) is 2. The third-order valence-electron chi connectivity index (χ3n) is 7.19. The molecule has 0 aliphatic rings. The van der Waals surface area contributed by atoms with Gasteiger partial charge in [0.05, 0.1) is 25.0 Å². The van der Waals surface area contributed by atoms with Crippen LogP contribution in [0, 0.1) is 5.82 Å². The van der Waals surface area contributed by atoms with Crippen LogP contribution < -0.4 is 20.1 Å². The van der Waals surface area contributed by atoms with Gasteiger partial charge in [0.2, 0.25) is 15.9 Å². The number of rotatable bonds is 20. The van der Waals surface area contributed by atoms with Crippen molar-refractivity contribution in [3.8, 4) is 11.5 Å². The summed E-state index contributed by atoms with van der Waals surface area (Å²) in [5.74, 6) is -0.331. The Morgan fingerprint density at radius 1 is 0.933 bits per heavy atom. The molecule has 0 saturated carbocycles. The van der Waals surface area contributed by atoms with Gasteiger partial charge in [-0.25, -0.2) is 17.1 Å². The molecule has 0 aromatic heterocycles. The summed E-state index contributed by atoms with van der Waals surface area (Å²) in [6.07, 6.45) is 0.115. The second-order valence-corrected chi connectivity index (χ2v) is 13.1. The number of hydrogen-bond acceptors (Lipinski definition) is 7. The number of aliphatic hydroxyl groups is 1. The van der Waals surface area contributed by atoms with E-state index in [0.29, 0.717) is 49.5 Å². The van der Waals surface area contributed by atoms with E-state index >= 15 is 0 Å². The van der Waals surface area contributed by atoms with Crippen LogP contribution in [0.15, 0.2) is 72.8 Å². The molecule has 0 aliphatic carbocycles. The van der Waals surface area contributed by atoms with Gasteiger partial charge in [-0.3, -0.25) is 4.79 Å². The molecule has 3 aromatic carbocycles. The minimum Gasteiger partial charge on any atom is -0.497 e. The average molecular weight is 644 g/mol. The number of benzene rings is 3. The van der Waals surface area contributed by atoms with Gasteiger partial charge in [0.25, 0.3) is 0 Å². The number of aliphatic hydroxyl groups excluding tert-OH is 1. The second-order valence-electron chi connectivity index (χ2n) is 11.0. The normalized spacial score (nSPS) is 12.9. The van der Waals surface area contributed by atoms with E-state index in [0.717, 1.165) is 11.1 Å². The maximum atomic E-state index is 14.6. The fourth-order valence-corrected chi connectivity index (χ4v) is 6.53. The lowest BCUT2D eigenvalue weighted by Gasteiger charge is -2.26. The number of hydrogen-bond donors (Lipinski definition) is 3. The van der Waals surface area contributed by atoms with Gasteiger partial charge in [-0.1, -0.05) is 56.3 Å². The van der Waals surface area contributed by atoms with Crippen molar-refractivity contribution in [3.05, 3.63) is 95.3 Å². The van der Waals surface area contributed by atoms with Gasteiger partial charge < -0.3 is 25.2 Å². The highest BCUT2D eigenvalue weighted by molar-refractivity contribution is 7.89. The van der Waals surface area contributed by atoms with E-state index in [1.807, 2.05) is 68.4 Å². The molecule has 0 saturated heterocycles. The maximum Gasteiger partial charge on any atom is 0.221 e. The molecule has 0 aliphatic heterocycles. The van der Waals surface area contributed by atoms with Crippen LogP contribution in [0.3, 0.4) is 0 Å². The Morgan fingerprint density at radius 2 is 1.62 bits per heavy atom. The number of carbonyl (C=O) groups excluding carboxylic acids is 1. The summed E-state index contributed by atoms with van der Waals surface area (Å²) >= 11 is 0. The van der Waals surface area contributed by atoms with E-state index in [-0.39, 0.29) is 31.7 Å². The van der Waals surface area contributed by atoms with Gasteiger partial charge in [0, 0.05) is 38.7 Å². The number of carbonyl (C=O) groups is 1. The van der Waals surface area contributed by atoms with Crippen molar-refractivity contribution in [3.63, 3.8) is 0 Å². The molecule has 3 rings (SSSR count). The van der Waals surface area contributed by atoms with Gasteiger partial charge in [-0.05, 0) is 60.2 Å². The quantitative estimate of drug-likeness (QED) is 0.167. The first-order chi connectivity index (χ1) is 21.6. The molecule has 0 spiro atoms. The van der Waals surface area contributed by atoms with Crippen molar-refractivity contribution in [1.82, 2.24) is 14.9 Å². The third-order valence-corrected chi connectivity index (χ3v) is 9.06. The number of halogens is 1. The van der Waals surface area contributed by atoms with E-state index in [2.05, 4.69) is 10.6 Å². The average Bonchev–Trinajstić information content (AvgIpc) is 3.03. The fourth-order valence-electron chi connectivity index (χ4n) is 4.91. The van der Waals surface area contributed by atoms with Crippen molar-refractivity contribution < 1.29 is 32.2 Å². The highest BCUT2D eigenvalue weighted by Crippen LogP contribution is 2.20. The highest BCUT2D eigenvalue weighted by atomic mass is 32.2. The molecule has 1 amide bonds. The Kier molecular flexibility index (Phi) is 14.8. The van der Waals surface area contributed by atoms with E-state index in [1.165, 1.54) is 16.4 Å². The Hall–Kier alpha value is -3.51. The van der Waals surface area contributed by atoms with Crippen LogP contribution >= 0.6 is 0 Å². The number of methoxy groups -OCH3 is 1. The van der Waals surface area contributed by atoms with Crippen molar-refractivity contribution >= 4 is 15.9 Å². The molecule has 3 N–H and O–H groups in total. The molecule has 45 heavy (non-hydrogen) atoms. The lowest BCUT2D eigenvalue weighted by atomic mass is 10.00. The molecule has 11 heteroatoms. The molecular weight excluding hydrogens is 597 g/mol. The molecule has 2 atom stereocenters. The SMILES string of the molecule is CCCN(CCC)S(=O)(=O)CCC(=O)N[C@@H](Cc1cc(F)cc(OCc2ccccc2)c1)[C@H](O)CNCc1cccc(OC)c1. The minimum absolute atomic E-state index is 0.0950. The molecule has 246 valence electrons. The molecule has 0 bridgehead atoms. The maximum absolute atomic E-state index is 14.6. The summed E-state index contributed by atoms with van der Waals surface area (Å²) in [5.41, 5.74) is 2.39. The molecule has 0 radical (unpaired) electrons. The van der Waals surface area contributed by atoms with E-state index < -0.39 is 33.9 Å². The predicted molar refractivity (Wildman–Crippen MR) is 174 cm³/mol. The van der Waals surface area contributed by atoms with Gasteiger partial charge in [0.1, 0.15) is 23.9 Å². The Balaban J connectivity index is 1.71. The summed E-state index contributed by atoms with van der Waals surface area (Å²) in [6.45, 7) is 5.41. The van der Waals surface area contributed by atoms with Crippen LogP contribution in [0.4, 0.5) is 4.39 Å². The van der Waals surface area contributed by atoms with Crippen LogP contribution in [0.2, 0.25) is 0 Å². The summed E-state index contributed by atoms with van der Waals surface area (Å²) in [7, 11) is -2.04. The fraction of sp³-hybridized carbons (Fsp3) is 0.441. The summed E-state index contributed by atoms with van der Waals surface area (Å²) < 4.78 is 53.0. The van der Waals surface area contributed by atoms with Gasteiger partial charge in [-0.2, -0.15) is 0 Å². The molecule has 0 unspecified atom stereocenters. The van der Waals surface area contributed by atoms with Crippen LogP contribution in [0.1, 0.15) is 49.8 Å². The summed E-state index contributed by atoms with van der Waals surface area (Å²) in [6, 6.07) is 20.5. The van der Waals surface area contributed by atoms with Crippen molar-refractivity contribution in [2.24, 2.45) is 0 Å². The first-order valence-corrected chi connectivity index (χ1v) is 17.0. The number of amides is 1. The van der Waals surface area contributed by atoms with Crippen LogP contribution in [0.5, 0.6) is 11.5 Å². The van der Waals surface area contributed by atoms with E-state index in [4.69, 9.17) is 9.47 Å². The Morgan fingerprint density at radius 3 is 2.31 bits per heavy atom. The molecule has 3 aromatic rings. The zero-order valence-electron chi connectivity index (χ0n) is 26.4. The standard InChI is InChI=1S/C34H46FN3O6S/c1-4-15-38(16-5-2)45(41,42)17-14-34(40)37-32(33(39)24-36-23-27-12-9-13-30(19-27)43-3)21-28-18-29(35)22-31(20-28)44-25-26-10-7-6-8-11-26/h6-13,18-20,22,32-33,36,39H,4-5,14-17,21,23-25H2,1-3H3,(H,37,40)/t32-,33+/m0/s1. The van der Waals surface area contributed by atoms with Gasteiger partial charge >= 0.3 is 0 Å². The Bertz CT molecular complexity index is 1430. The van der Waals surface area contributed by atoms with Crippen molar-refractivity contribution in [1.29, 1.82) is 0 Å². The predicted octanol–water partition coefficient (Wildman–Crippen LogP) is 4.43. The molecule has 0 heterocycles. The zero-order valence-corrected chi connectivity index (χ0v) is 27.2. The number of sulfonamides is 1. The molecule has 0 fully saturated rings. The third kappa shape index (κ3) is 12.4. The number of ether oxygens (including phenoxy) is 2. The summed E-state index contributed by atoms with van der Waals surface area (Å²) in [5, 5.41) is 17.2. The van der Waals surface area contributed by atoms with E-state index in [1.54, 1.807) is 13.2 Å². The minimum atomic E-state index is -3.63. The van der Waals surface area contributed by atoms with Crippen LogP contribution in [0.25, 0.3) is 0 Å². The highest BCUT2D eigenvalue weighted by Gasteiger charge is 2.25. The smallest absolute Gasteiger partial charge is 0.221 e. The van der Waals surface area contributed by atoms with Gasteiger partial charge in [-0.15, -0.1) is 0 Å². The lowest BCUT2D eigenvalue weighted by Crippen LogP contribution is -2.49. The largest absolute Gasteiger partial charge is 0.497 e. The van der Waals surface area contributed by atoms with Crippen LogP contribution in [-0.4, -0.2) is 68.4 Å². The first-order valence-electron chi connectivity index (χ1n) is 15.4. The Labute approximate surface area is 266 Å². The topological polar surface area (TPSA) is 117 Å². The summed E-state index contributed by atoms with van der Waals surface area (Å²) in [4.78, 5) is 13.1. The first kappa shape index (κ1) is 36.0. The van der Waals surface area contributed by atoms with E-state index in [9.17, 15) is 22.7 Å². The monoisotopic (exact) mass is 643 g/mol. The zero-order chi connectivity index (χ0) is 32.7. The van der Waals surface area contributed by atoms with Gasteiger partial charge in [0.15, 0.2) is 0 Å². The molecule has 9 nitrogen and oxygen atoms in total. The number of nitrogens with zero attached hydrogens (tertiary/aromatic N) is 1. The second kappa shape index (κ2) is 18.5. The van der Waals surface area contributed by atoms with Crippen LogP contribution in [-0.2, 0) is 34.4 Å².